The number of benzene rings is 2. The molecular formula is C23H24O6. The van der Waals surface area contributed by atoms with E-state index in [1.54, 1.807) is 18.2 Å². The van der Waals surface area contributed by atoms with Crippen molar-refractivity contribution in [3.05, 3.63) is 69.1 Å². The van der Waals surface area contributed by atoms with Crippen LogP contribution in [-0.2, 0) is 11.3 Å². The molecule has 0 spiro atoms. The normalized spacial score (nSPS) is 11.0. The third-order valence-electron chi connectivity index (χ3n) is 4.64. The third kappa shape index (κ3) is 4.42. The number of ether oxygens (including phenoxy) is 3. The quantitative estimate of drug-likeness (QED) is 0.449. The fourth-order valence-electron chi connectivity index (χ4n) is 3.02. The molecule has 0 saturated heterocycles. The number of aryl methyl sites for hydroxylation is 2. The van der Waals surface area contributed by atoms with Crippen LogP contribution in [0.1, 0.15) is 40.9 Å². The second-order valence-electron chi connectivity index (χ2n) is 7.08. The number of hydrogen-bond donors (Lipinski definition) is 0. The van der Waals surface area contributed by atoms with Crippen LogP contribution >= 0.6 is 0 Å². The number of fused-ring (bicyclic) bond motifs is 1. The van der Waals surface area contributed by atoms with Crippen LogP contribution in [0, 0.1) is 13.8 Å². The first-order valence-electron chi connectivity index (χ1n) is 9.35. The van der Waals surface area contributed by atoms with Crippen LogP contribution in [0.25, 0.3) is 11.0 Å². The molecule has 0 bridgehead atoms. The molecule has 0 saturated carbocycles. The highest BCUT2D eigenvalue weighted by atomic mass is 16.5. The van der Waals surface area contributed by atoms with Crippen LogP contribution in [0.3, 0.4) is 0 Å². The summed E-state index contributed by atoms with van der Waals surface area (Å²) in [5.74, 6) is 0.478. The Morgan fingerprint density at radius 3 is 2.52 bits per heavy atom. The van der Waals surface area contributed by atoms with E-state index < -0.39 is 11.6 Å². The van der Waals surface area contributed by atoms with Gasteiger partial charge in [0.2, 0.25) is 0 Å². The molecular weight excluding hydrogens is 372 g/mol. The van der Waals surface area contributed by atoms with Gasteiger partial charge in [-0.15, -0.1) is 0 Å². The first kappa shape index (κ1) is 20.5. The van der Waals surface area contributed by atoms with Gasteiger partial charge in [0.25, 0.3) is 0 Å². The molecule has 0 radical (unpaired) electrons. The molecule has 0 aliphatic carbocycles. The van der Waals surface area contributed by atoms with Crippen molar-refractivity contribution in [1.82, 2.24) is 0 Å². The second kappa shape index (κ2) is 8.39. The SMILES string of the molecule is COc1cc(C(=O)OCc2cc(=O)oc3c(C)c(C)ccc23)ccc1OC(C)C. The molecule has 0 aliphatic heterocycles. The molecule has 29 heavy (non-hydrogen) atoms. The zero-order valence-electron chi connectivity index (χ0n) is 17.2. The van der Waals surface area contributed by atoms with Crippen molar-refractivity contribution in [1.29, 1.82) is 0 Å². The van der Waals surface area contributed by atoms with Crippen LogP contribution in [-0.4, -0.2) is 19.2 Å². The van der Waals surface area contributed by atoms with Crippen molar-refractivity contribution >= 4 is 16.9 Å². The first-order valence-corrected chi connectivity index (χ1v) is 9.35. The van der Waals surface area contributed by atoms with E-state index in [1.165, 1.54) is 13.2 Å². The number of hydrogen-bond acceptors (Lipinski definition) is 6. The average Bonchev–Trinajstić information content (AvgIpc) is 2.68. The standard InChI is InChI=1S/C23H24O6/c1-13(2)28-19-9-7-16(10-20(19)26-5)23(25)27-12-17-11-21(24)29-22-15(4)14(3)6-8-18(17)22/h6-11,13H,12H2,1-5H3. The maximum Gasteiger partial charge on any atom is 0.338 e. The minimum Gasteiger partial charge on any atom is -0.493 e. The summed E-state index contributed by atoms with van der Waals surface area (Å²) in [7, 11) is 1.51. The van der Waals surface area contributed by atoms with E-state index in [2.05, 4.69) is 0 Å². The maximum atomic E-state index is 12.5. The van der Waals surface area contributed by atoms with Gasteiger partial charge in [-0.25, -0.2) is 9.59 Å². The summed E-state index contributed by atoms with van der Waals surface area (Å²) in [4.78, 5) is 24.5. The van der Waals surface area contributed by atoms with Gasteiger partial charge in [0, 0.05) is 17.0 Å². The van der Waals surface area contributed by atoms with Gasteiger partial charge < -0.3 is 18.6 Å². The Balaban J connectivity index is 1.84. The van der Waals surface area contributed by atoms with Gasteiger partial charge in [-0.05, 0) is 57.0 Å². The lowest BCUT2D eigenvalue weighted by Crippen LogP contribution is -2.10. The average molecular weight is 396 g/mol. The number of carbonyl (C=O) groups is 1. The van der Waals surface area contributed by atoms with Crippen LogP contribution in [0.15, 0.2) is 45.6 Å². The first-order chi connectivity index (χ1) is 13.8. The lowest BCUT2D eigenvalue weighted by molar-refractivity contribution is 0.0473. The van der Waals surface area contributed by atoms with Crippen LogP contribution < -0.4 is 15.1 Å². The minimum atomic E-state index is -0.523. The van der Waals surface area contributed by atoms with Crippen LogP contribution in [0.4, 0.5) is 0 Å². The molecule has 1 heterocycles. The van der Waals surface area contributed by atoms with E-state index >= 15 is 0 Å². The molecule has 0 N–H and O–H groups in total. The molecule has 152 valence electrons. The van der Waals surface area contributed by atoms with Gasteiger partial charge in [0.1, 0.15) is 12.2 Å². The van der Waals surface area contributed by atoms with E-state index in [0.29, 0.717) is 28.2 Å². The summed E-state index contributed by atoms with van der Waals surface area (Å²) in [6.07, 6.45) is -0.0214. The Hall–Kier alpha value is -3.28. The van der Waals surface area contributed by atoms with E-state index in [1.807, 2.05) is 39.8 Å². The highest BCUT2D eigenvalue weighted by molar-refractivity contribution is 5.90. The fourth-order valence-corrected chi connectivity index (χ4v) is 3.02. The van der Waals surface area contributed by atoms with Gasteiger partial charge in [-0.3, -0.25) is 0 Å². The van der Waals surface area contributed by atoms with Gasteiger partial charge in [-0.1, -0.05) is 12.1 Å². The van der Waals surface area contributed by atoms with E-state index in [9.17, 15) is 9.59 Å². The van der Waals surface area contributed by atoms with Crippen molar-refractivity contribution in [3.63, 3.8) is 0 Å². The molecule has 0 fully saturated rings. The largest absolute Gasteiger partial charge is 0.493 e. The van der Waals surface area contributed by atoms with Crippen molar-refractivity contribution < 1.29 is 23.4 Å². The summed E-state index contributed by atoms with van der Waals surface area (Å²) in [6.45, 7) is 7.61. The molecule has 6 heteroatoms. The van der Waals surface area contributed by atoms with Crippen molar-refractivity contribution in [3.8, 4) is 11.5 Å². The Labute approximate surface area is 169 Å². The number of carbonyl (C=O) groups excluding carboxylic acids is 1. The summed E-state index contributed by atoms with van der Waals surface area (Å²) in [5.41, 5.74) is 2.87. The zero-order valence-corrected chi connectivity index (χ0v) is 17.2. The molecule has 0 amide bonds. The van der Waals surface area contributed by atoms with Gasteiger partial charge in [-0.2, -0.15) is 0 Å². The molecule has 3 rings (SSSR count). The highest BCUT2D eigenvalue weighted by Crippen LogP contribution is 2.29. The second-order valence-corrected chi connectivity index (χ2v) is 7.08. The smallest absolute Gasteiger partial charge is 0.338 e. The highest BCUT2D eigenvalue weighted by Gasteiger charge is 2.15. The topological polar surface area (TPSA) is 75.0 Å². The molecule has 1 aromatic heterocycles. The van der Waals surface area contributed by atoms with Gasteiger partial charge in [0.05, 0.1) is 18.8 Å². The predicted molar refractivity (Wildman–Crippen MR) is 110 cm³/mol. The number of rotatable bonds is 6. The number of methoxy groups -OCH3 is 1. The van der Waals surface area contributed by atoms with Crippen molar-refractivity contribution in [2.24, 2.45) is 0 Å². The lowest BCUT2D eigenvalue weighted by Gasteiger charge is -2.14. The van der Waals surface area contributed by atoms with Gasteiger partial charge in [0.15, 0.2) is 11.5 Å². The monoisotopic (exact) mass is 396 g/mol. The predicted octanol–water partition coefficient (Wildman–Crippen LogP) is 4.56. The van der Waals surface area contributed by atoms with Gasteiger partial charge >= 0.3 is 11.6 Å². The Morgan fingerprint density at radius 1 is 1.07 bits per heavy atom. The molecule has 6 nitrogen and oxygen atoms in total. The Kier molecular flexibility index (Phi) is 5.92. The molecule has 0 unspecified atom stereocenters. The molecule has 2 aromatic carbocycles. The Morgan fingerprint density at radius 2 is 1.83 bits per heavy atom. The number of esters is 1. The molecule has 0 atom stereocenters. The van der Waals surface area contributed by atoms with E-state index in [0.717, 1.165) is 16.5 Å². The molecule has 3 aromatic rings. The molecule has 0 aliphatic rings. The summed E-state index contributed by atoms with van der Waals surface area (Å²) >= 11 is 0. The van der Waals surface area contributed by atoms with Crippen molar-refractivity contribution in [2.75, 3.05) is 7.11 Å². The van der Waals surface area contributed by atoms with Crippen LogP contribution in [0.5, 0.6) is 11.5 Å². The Bertz CT molecular complexity index is 1110. The zero-order chi connectivity index (χ0) is 21.1. The van der Waals surface area contributed by atoms with Crippen LogP contribution in [0.2, 0.25) is 0 Å². The van der Waals surface area contributed by atoms with E-state index in [-0.39, 0.29) is 12.7 Å². The summed E-state index contributed by atoms with van der Waals surface area (Å²) in [6, 6.07) is 10.0. The van der Waals surface area contributed by atoms with E-state index in [4.69, 9.17) is 18.6 Å². The lowest BCUT2D eigenvalue weighted by atomic mass is 10.0. The summed E-state index contributed by atoms with van der Waals surface area (Å²) in [5, 5.41) is 0.749. The minimum absolute atomic E-state index is 0.0214. The summed E-state index contributed by atoms with van der Waals surface area (Å²) < 4.78 is 21.8. The van der Waals surface area contributed by atoms with Crippen molar-refractivity contribution in [2.45, 2.75) is 40.4 Å². The third-order valence-corrected chi connectivity index (χ3v) is 4.64. The fraction of sp³-hybridized carbons (Fsp3) is 0.304. The maximum absolute atomic E-state index is 12.5.